The summed E-state index contributed by atoms with van der Waals surface area (Å²) in [6.45, 7) is 1.45. The molecule has 1 fully saturated rings. The molecule has 0 radical (unpaired) electrons. The van der Waals surface area contributed by atoms with E-state index in [9.17, 15) is 0 Å². The smallest absolute Gasteiger partial charge is 0.137 e. The molecule has 2 rings (SSSR count). The van der Waals surface area contributed by atoms with E-state index in [1.165, 1.54) is 0 Å². The summed E-state index contributed by atoms with van der Waals surface area (Å²) >= 11 is 0. The third kappa shape index (κ3) is 2.44. The van der Waals surface area contributed by atoms with Crippen LogP contribution in [0.2, 0.25) is 0 Å². The molecule has 1 aliphatic rings. The number of rotatable bonds is 2. The molecule has 1 aromatic carbocycles. The van der Waals surface area contributed by atoms with Gasteiger partial charge < -0.3 is 15.2 Å². The average molecular weight is 218 g/mol. The second-order valence-corrected chi connectivity index (χ2v) is 3.80. The van der Waals surface area contributed by atoms with Crippen molar-refractivity contribution in [3.8, 4) is 11.8 Å². The Balaban J connectivity index is 2.11. The van der Waals surface area contributed by atoms with Gasteiger partial charge in [0.15, 0.2) is 0 Å². The number of nitrogens with two attached hydrogens (primary N) is 1. The van der Waals surface area contributed by atoms with Gasteiger partial charge in [-0.3, -0.25) is 0 Å². The van der Waals surface area contributed by atoms with E-state index >= 15 is 0 Å². The fourth-order valence-electron chi connectivity index (χ4n) is 1.71. The molecule has 16 heavy (non-hydrogen) atoms. The first-order valence-electron chi connectivity index (χ1n) is 5.33. The minimum Gasteiger partial charge on any atom is -0.489 e. The summed E-state index contributed by atoms with van der Waals surface area (Å²) < 4.78 is 11.0. The van der Waals surface area contributed by atoms with E-state index in [4.69, 9.17) is 20.5 Å². The zero-order valence-corrected chi connectivity index (χ0v) is 8.98. The van der Waals surface area contributed by atoms with Crippen molar-refractivity contribution in [3.63, 3.8) is 0 Å². The van der Waals surface area contributed by atoms with Crippen LogP contribution in [0.3, 0.4) is 0 Å². The third-order valence-electron chi connectivity index (χ3n) is 2.59. The first-order chi connectivity index (χ1) is 7.79. The minimum absolute atomic E-state index is 0.143. The molecule has 0 saturated carbocycles. The standard InChI is InChI=1S/C12H14N2O2/c13-8-9-7-10(14)1-2-12(9)16-11-3-5-15-6-4-11/h1-2,7,11H,3-6,14H2. The van der Waals surface area contributed by atoms with Gasteiger partial charge in [0.2, 0.25) is 0 Å². The van der Waals surface area contributed by atoms with Crippen molar-refractivity contribution >= 4 is 5.69 Å². The Morgan fingerprint density at radius 1 is 1.38 bits per heavy atom. The van der Waals surface area contributed by atoms with E-state index in [1.807, 2.05) is 0 Å². The van der Waals surface area contributed by atoms with Gasteiger partial charge in [0.1, 0.15) is 17.9 Å². The van der Waals surface area contributed by atoms with Crippen LogP contribution in [-0.2, 0) is 4.74 Å². The molecule has 1 saturated heterocycles. The SMILES string of the molecule is N#Cc1cc(N)ccc1OC1CCOCC1. The number of nitriles is 1. The normalized spacial score (nSPS) is 16.7. The summed E-state index contributed by atoms with van der Waals surface area (Å²) in [5, 5.41) is 8.96. The molecule has 0 aromatic heterocycles. The zero-order valence-electron chi connectivity index (χ0n) is 8.98. The number of nitrogens with zero attached hydrogens (tertiary/aromatic N) is 1. The zero-order chi connectivity index (χ0) is 11.4. The van der Waals surface area contributed by atoms with Crippen LogP contribution in [0.1, 0.15) is 18.4 Å². The Labute approximate surface area is 94.6 Å². The Bertz CT molecular complexity index is 406. The number of hydrogen-bond donors (Lipinski definition) is 1. The molecule has 1 heterocycles. The Morgan fingerprint density at radius 2 is 2.12 bits per heavy atom. The predicted molar refractivity (Wildman–Crippen MR) is 60.0 cm³/mol. The molecular weight excluding hydrogens is 204 g/mol. The van der Waals surface area contributed by atoms with Crippen molar-refractivity contribution in [1.82, 2.24) is 0 Å². The first kappa shape index (κ1) is 10.8. The lowest BCUT2D eigenvalue weighted by Gasteiger charge is -2.23. The van der Waals surface area contributed by atoms with Crippen molar-refractivity contribution in [3.05, 3.63) is 23.8 Å². The molecule has 2 N–H and O–H groups in total. The van der Waals surface area contributed by atoms with Crippen LogP contribution < -0.4 is 10.5 Å². The van der Waals surface area contributed by atoms with Crippen LogP contribution in [0.15, 0.2) is 18.2 Å². The topological polar surface area (TPSA) is 68.3 Å². The fourth-order valence-corrected chi connectivity index (χ4v) is 1.71. The summed E-state index contributed by atoms with van der Waals surface area (Å²) in [5.41, 5.74) is 6.68. The van der Waals surface area contributed by atoms with Crippen LogP contribution in [0.4, 0.5) is 5.69 Å². The lowest BCUT2D eigenvalue weighted by Crippen LogP contribution is -2.26. The van der Waals surface area contributed by atoms with Gasteiger partial charge in [0.05, 0.1) is 18.8 Å². The molecular formula is C12H14N2O2. The maximum Gasteiger partial charge on any atom is 0.137 e. The highest BCUT2D eigenvalue weighted by molar-refractivity contribution is 5.53. The third-order valence-corrected chi connectivity index (χ3v) is 2.59. The Kier molecular flexibility index (Phi) is 3.28. The summed E-state index contributed by atoms with van der Waals surface area (Å²) in [7, 11) is 0. The Hall–Kier alpha value is -1.73. The number of anilines is 1. The van der Waals surface area contributed by atoms with E-state index < -0.39 is 0 Å². The van der Waals surface area contributed by atoms with Crippen LogP contribution >= 0.6 is 0 Å². The van der Waals surface area contributed by atoms with Gasteiger partial charge in [0.25, 0.3) is 0 Å². The summed E-state index contributed by atoms with van der Waals surface area (Å²) in [6.07, 6.45) is 1.88. The van der Waals surface area contributed by atoms with Crippen molar-refractivity contribution in [2.75, 3.05) is 18.9 Å². The van der Waals surface area contributed by atoms with Crippen LogP contribution in [0.25, 0.3) is 0 Å². The second-order valence-electron chi connectivity index (χ2n) is 3.80. The van der Waals surface area contributed by atoms with E-state index in [0.717, 1.165) is 26.1 Å². The molecule has 84 valence electrons. The molecule has 0 aliphatic carbocycles. The molecule has 0 unspecified atom stereocenters. The van der Waals surface area contributed by atoms with Crippen LogP contribution in [-0.4, -0.2) is 19.3 Å². The van der Waals surface area contributed by atoms with Gasteiger partial charge in [0, 0.05) is 18.5 Å². The molecule has 0 spiro atoms. The number of nitrogen functional groups attached to an aromatic ring is 1. The lowest BCUT2D eigenvalue weighted by molar-refractivity contribution is 0.0254. The molecule has 4 heteroatoms. The minimum atomic E-state index is 0.143. The summed E-state index contributed by atoms with van der Waals surface area (Å²) in [4.78, 5) is 0. The molecule has 4 nitrogen and oxygen atoms in total. The highest BCUT2D eigenvalue weighted by atomic mass is 16.5. The largest absolute Gasteiger partial charge is 0.489 e. The highest BCUT2D eigenvalue weighted by Crippen LogP contribution is 2.24. The van der Waals surface area contributed by atoms with E-state index in [1.54, 1.807) is 18.2 Å². The predicted octanol–water partition coefficient (Wildman–Crippen LogP) is 1.70. The van der Waals surface area contributed by atoms with Gasteiger partial charge in [-0.05, 0) is 18.2 Å². The number of ether oxygens (including phenoxy) is 2. The molecule has 1 aliphatic heterocycles. The molecule has 0 bridgehead atoms. The second kappa shape index (κ2) is 4.86. The van der Waals surface area contributed by atoms with Crippen molar-refractivity contribution < 1.29 is 9.47 Å². The first-order valence-corrected chi connectivity index (χ1v) is 5.33. The van der Waals surface area contributed by atoms with Crippen molar-refractivity contribution in [2.24, 2.45) is 0 Å². The van der Waals surface area contributed by atoms with E-state index in [0.29, 0.717) is 17.0 Å². The van der Waals surface area contributed by atoms with E-state index in [-0.39, 0.29) is 6.10 Å². The maximum absolute atomic E-state index is 8.96. The van der Waals surface area contributed by atoms with Gasteiger partial charge in [-0.15, -0.1) is 0 Å². The van der Waals surface area contributed by atoms with Gasteiger partial charge >= 0.3 is 0 Å². The van der Waals surface area contributed by atoms with Crippen LogP contribution in [0.5, 0.6) is 5.75 Å². The average Bonchev–Trinajstić information content (AvgIpc) is 2.33. The maximum atomic E-state index is 8.96. The Morgan fingerprint density at radius 3 is 2.81 bits per heavy atom. The quantitative estimate of drug-likeness (QED) is 0.767. The van der Waals surface area contributed by atoms with Crippen molar-refractivity contribution in [2.45, 2.75) is 18.9 Å². The molecule has 0 atom stereocenters. The monoisotopic (exact) mass is 218 g/mol. The molecule has 1 aromatic rings. The summed E-state index contributed by atoms with van der Waals surface area (Å²) in [5.74, 6) is 0.614. The number of hydrogen-bond acceptors (Lipinski definition) is 4. The molecule has 0 amide bonds. The van der Waals surface area contributed by atoms with E-state index in [2.05, 4.69) is 6.07 Å². The lowest BCUT2D eigenvalue weighted by atomic mass is 10.1. The van der Waals surface area contributed by atoms with Gasteiger partial charge in [-0.2, -0.15) is 5.26 Å². The summed E-state index contributed by atoms with van der Waals surface area (Å²) in [6, 6.07) is 7.22. The van der Waals surface area contributed by atoms with Crippen LogP contribution in [0, 0.1) is 11.3 Å². The highest BCUT2D eigenvalue weighted by Gasteiger charge is 2.16. The fraction of sp³-hybridized carbons (Fsp3) is 0.417. The van der Waals surface area contributed by atoms with Gasteiger partial charge in [-0.25, -0.2) is 0 Å². The van der Waals surface area contributed by atoms with Crippen molar-refractivity contribution in [1.29, 1.82) is 5.26 Å². The number of benzene rings is 1. The van der Waals surface area contributed by atoms with Gasteiger partial charge in [-0.1, -0.05) is 0 Å².